The van der Waals surface area contributed by atoms with E-state index in [1.54, 1.807) is 15.8 Å². The molecule has 0 aliphatic heterocycles. The molecule has 5 nitrogen and oxygen atoms in total. The molecule has 0 aromatic carbocycles. The molecule has 0 unspecified atom stereocenters. The van der Waals surface area contributed by atoms with Crippen LogP contribution in [0.15, 0.2) is 6.20 Å². The number of nitrogens with zero attached hydrogens (tertiary/aromatic N) is 3. The minimum Gasteiger partial charge on any atom is -0.341 e. The molecule has 1 rings (SSSR count). The van der Waals surface area contributed by atoms with E-state index < -0.39 is 0 Å². The van der Waals surface area contributed by atoms with E-state index in [1.165, 1.54) is 0 Å². The van der Waals surface area contributed by atoms with E-state index in [4.69, 9.17) is 5.73 Å². The number of nitrogens with two attached hydrogens (primary N) is 1. The summed E-state index contributed by atoms with van der Waals surface area (Å²) < 4.78 is 1.69. The van der Waals surface area contributed by atoms with E-state index in [1.807, 2.05) is 21.0 Å². The Morgan fingerprint density at radius 3 is 2.67 bits per heavy atom. The number of hydrogen-bond acceptors (Lipinski definition) is 3. The van der Waals surface area contributed by atoms with Gasteiger partial charge in [-0.05, 0) is 18.4 Å². The van der Waals surface area contributed by atoms with E-state index in [0.29, 0.717) is 18.7 Å². The van der Waals surface area contributed by atoms with Crippen LogP contribution in [0.5, 0.6) is 0 Å². The first kappa shape index (κ1) is 14.7. The molecule has 102 valence electrons. The second kappa shape index (κ2) is 5.52. The van der Waals surface area contributed by atoms with Gasteiger partial charge in [0.25, 0.3) is 5.91 Å². The average molecular weight is 252 g/mol. The van der Waals surface area contributed by atoms with Gasteiger partial charge in [-0.1, -0.05) is 20.8 Å². The minimum absolute atomic E-state index is 0.0153. The second-order valence-corrected chi connectivity index (χ2v) is 5.55. The molecule has 0 radical (unpaired) electrons. The van der Waals surface area contributed by atoms with Crippen molar-refractivity contribution in [2.75, 3.05) is 20.1 Å². The number of carbonyl (C=O) groups excluding carboxylic acids is 1. The Balaban J connectivity index is 2.86. The standard InChI is InChI=1S/C13H24N4O/c1-6-11-10(7-17(5)15-11)12(18)16(4)9-13(2,3)8-14/h7H,6,8-9,14H2,1-5H3. The molecule has 0 aliphatic carbocycles. The Bertz CT molecular complexity index is 423. The van der Waals surface area contributed by atoms with E-state index in [2.05, 4.69) is 18.9 Å². The van der Waals surface area contributed by atoms with Crippen molar-refractivity contribution in [3.05, 3.63) is 17.5 Å². The smallest absolute Gasteiger partial charge is 0.257 e. The Hall–Kier alpha value is -1.36. The number of hydrogen-bond donors (Lipinski definition) is 1. The fourth-order valence-electron chi connectivity index (χ4n) is 1.96. The van der Waals surface area contributed by atoms with Crippen LogP contribution in [-0.2, 0) is 13.5 Å². The molecule has 18 heavy (non-hydrogen) atoms. The van der Waals surface area contributed by atoms with Gasteiger partial charge in [-0.25, -0.2) is 0 Å². The molecule has 1 heterocycles. The molecule has 0 fully saturated rings. The molecule has 0 aliphatic rings. The molecular weight excluding hydrogens is 228 g/mol. The largest absolute Gasteiger partial charge is 0.341 e. The molecule has 1 amide bonds. The van der Waals surface area contributed by atoms with Gasteiger partial charge < -0.3 is 10.6 Å². The van der Waals surface area contributed by atoms with E-state index in [-0.39, 0.29) is 11.3 Å². The van der Waals surface area contributed by atoms with Crippen molar-refractivity contribution < 1.29 is 4.79 Å². The van der Waals surface area contributed by atoms with Gasteiger partial charge in [-0.3, -0.25) is 9.48 Å². The predicted molar refractivity (Wildman–Crippen MR) is 72.4 cm³/mol. The summed E-state index contributed by atoms with van der Waals surface area (Å²) >= 11 is 0. The van der Waals surface area contributed by atoms with E-state index in [9.17, 15) is 4.79 Å². The predicted octanol–water partition coefficient (Wildman–Crippen LogP) is 1.04. The maximum atomic E-state index is 12.4. The van der Waals surface area contributed by atoms with Crippen LogP contribution in [0.4, 0.5) is 0 Å². The normalized spacial score (nSPS) is 11.7. The highest BCUT2D eigenvalue weighted by molar-refractivity contribution is 5.95. The topological polar surface area (TPSA) is 64.2 Å². The van der Waals surface area contributed by atoms with Crippen LogP contribution < -0.4 is 5.73 Å². The highest BCUT2D eigenvalue weighted by atomic mass is 16.2. The molecule has 2 N–H and O–H groups in total. The first-order valence-electron chi connectivity index (χ1n) is 6.28. The Labute approximate surface area is 109 Å². The summed E-state index contributed by atoms with van der Waals surface area (Å²) in [5.74, 6) is 0.0153. The average Bonchev–Trinajstić information content (AvgIpc) is 2.68. The van der Waals surface area contributed by atoms with Crippen LogP contribution in [0.25, 0.3) is 0 Å². The van der Waals surface area contributed by atoms with Crippen molar-refractivity contribution in [1.29, 1.82) is 0 Å². The lowest BCUT2D eigenvalue weighted by Gasteiger charge is -2.29. The summed E-state index contributed by atoms with van der Waals surface area (Å²) in [5.41, 5.74) is 7.17. The molecule has 0 saturated carbocycles. The lowest BCUT2D eigenvalue weighted by atomic mass is 9.93. The fourth-order valence-corrected chi connectivity index (χ4v) is 1.96. The molecular formula is C13H24N4O. The molecule has 0 saturated heterocycles. The third-order valence-electron chi connectivity index (χ3n) is 3.04. The number of aryl methyl sites for hydroxylation is 2. The highest BCUT2D eigenvalue weighted by Gasteiger charge is 2.24. The lowest BCUT2D eigenvalue weighted by molar-refractivity contribution is 0.0739. The van der Waals surface area contributed by atoms with Crippen molar-refractivity contribution in [3.8, 4) is 0 Å². The number of rotatable bonds is 5. The summed E-state index contributed by atoms with van der Waals surface area (Å²) in [6.07, 6.45) is 2.54. The third-order valence-corrected chi connectivity index (χ3v) is 3.04. The summed E-state index contributed by atoms with van der Waals surface area (Å²) in [6.45, 7) is 7.31. The van der Waals surface area contributed by atoms with Crippen molar-refractivity contribution in [2.24, 2.45) is 18.2 Å². The van der Waals surface area contributed by atoms with Gasteiger partial charge >= 0.3 is 0 Å². The summed E-state index contributed by atoms with van der Waals surface area (Å²) in [6, 6.07) is 0. The Morgan fingerprint density at radius 2 is 2.17 bits per heavy atom. The number of aromatic nitrogens is 2. The summed E-state index contributed by atoms with van der Waals surface area (Å²) in [5, 5.41) is 4.29. The van der Waals surface area contributed by atoms with Crippen LogP contribution in [0.1, 0.15) is 36.8 Å². The number of amides is 1. The van der Waals surface area contributed by atoms with E-state index in [0.717, 1.165) is 12.1 Å². The van der Waals surface area contributed by atoms with Gasteiger partial charge in [0.1, 0.15) is 0 Å². The quantitative estimate of drug-likeness (QED) is 0.851. The van der Waals surface area contributed by atoms with Crippen molar-refractivity contribution in [3.63, 3.8) is 0 Å². The monoisotopic (exact) mass is 252 g/mol. The molecule has 0 atom stereocenters. The van der Waals surface area contributed by atoms with Crippen LogP contribution in [0, 0.1) is 5.41 Å². The van der Waals surface area contributed by atoms with Crippen LogP contribution in [-0.4, -0.2) is 40.7 Å². The zero-order valence-electron chi connectivity index (χ0n) is 12.0. The minimum atomic E-state index is -0.0704. The zero-order chi connectivity index (χ0) is 13.9. The first-order chi connectivity index (χ1) is 8.30. The maximum Gasteiger partial charge on any atom is 0.257 e. The number of carbonyl (C=O) groups is 1. The van der Waals surface area contributed by atoms with E-state index >= 15 is 0 Å². The second-order valence-electron chi connectivity index (χ2n) is 5.55. The third kappa shape index (κ3) is 3.32. The SMILES string of the molecule is CCc1nn(C)cc1C(=O)N(C)CC(C)(C)CN. The van der Waals surface area contributed by atoms with Gasteiger partial charge in [0.2, 0.25) is 0 Å². The van der Waals surface area contributed by atoms with Crippen molar-refractivity contribution in [1.82, 2.24) is 14.7 Å². The highest BCUT2D eigenvalue weighted by Crippen LogP contribution is 2.17. The maximum absolute atomic E-state index is 12.4. The molecule has 0 spiro atoms. The van der Waals surface area contributed by atoms with Gasteiger partial charge in [0.15, 0.2) is 0 Å². The first-order valence-corrected chi connectivity index (χ1v) is 6.28. The van der Waals surface area contributed by atoms with Crippen molar-refractivity contribution in [2.45, 2.75) is 27.2 Å². The summed E-state index contributed by atoms with van der Waals surface area (Å²) in [4.78, 5) is 14.1. The molecule has 1 aromatic heterocycles. The van der Waals surface area contributed by atoms with Crippen LogP contribution in [0.3, 0.4) is 0 Å². The van der Waals surface area contributed by atoms with Crippen molar-refractivity contribution >= 4 is 5.91 Å². The zero-order valence-corrected chi connectivity index (χ0v) is 12.0. The Morgan fingerprint density at radius 1 is 1.56 bits per heavy atom. The lowest BCUT2D eigenvalue weighted by Crippen LogP contribution is -2.39. The van der Waals surface area contributed by atoms with Gasteiger partial charge in [0.05, 0.1) is 11.3 Å². The Kier molecular flexibility index (Phi) is 4.51. The summed E-state index contributed by atoms with van der Waals surface area (Å²) in [7, 11) is 3.64. The van der Waals surface area contributed by atoms with Crippen LogP contribution in [0.2, 0.25) is 0 Å². The fraction of sp³-hybridized carbons (Fsp3) is 0.692. The van der Waals surface area contributed by atoms with Gasteiger partial charge in [0, 0.05) is 26.8 Å². The molecule has 5 heteroatoms. The molecule has 0 bridgehead atoms. The molecule has 1 aromatic rings. The van der Waals surface area contributed by atoms with Gasteiger partial charge in [-0.15, -0.1) is 0 Å². The van der Waals surface area contributed by atoms with Gasteiger partial charge in [-0.2, -0.15) is 5.10 Å². The van der Waals surface area contributed by atoms with Crippen LogP contribution >= 0.6 is 0 Å².